The maximum atomic E-state index is 7.57. The second-order valence-corrected chi connectivity index (χ2v) is 8.17. The van der Waals surface area contributed by atoms with Crippen LogP contribution in [0, 0.1) is 0 Å². The molecule has 0 amide bonds. The molecule has 0 spiro atoms. The number of hydrogen-bond donors (Lipinski definition) is 1. The summed E-state index contributed by atoms with van der Waals surface area (Å²) >= 11 is -0.556. The van der Waals surface area contributed by atoms with E-state index in [0.717, 1.165) is 13.1 Å². The van der Waals surface area contributed by atoms with E-state index in [4.69, 9.17) is 23.7 Å². The Bertz CT molecular complexity index is 150. The van der Waals surface area contributed by atoms with Crippen molar-refractivity contribution in [3.63, 3.8) is 0 Å². The molecule has 0 saturated carbocycles. The summed E-state index contributed by atoms with van der Waals surface area (Å²) in [6, 6.07) is 0. The van der Waals surface area contributed by atoms with Gasteiger partial charge in [0.1, 0.15) is 0 Å². The van der Waals surface area contributed by atoms with Crippen molar-refractivity contribution in [2.45, 2.75) is 97.8 Å². The van der Waals surface area contributed by atoms with E-state index >= 15 is 0 Å². The SMILES string of the molecule is CCCCCCCC[N-]CCCCCCCC.CCO.[Cl][Ti][Cl]. The van der Waals surface area contributed by atoms with Crippen molar-refractivity contribution < 1.29 is 22.1 Å². The normalized spacial score (nSPS) is 9.48. The van der Waals surface area contributed by atoms with Crippen LogP contribution in [0.1, 0.15) is 97.8 Å². The van der Waals surface area contributed by atoms with Gasteiger partial charge in [-0.15, -0.1) is 13.1 Å². The van der Waals surface area contributed by atoms with E-state index in [1.165, 1.54) is 77.0 Å². The molecule has 0 aliphatic heterocycles. The van der Waals surface area contributed by atoms with Gasteiger partial charge < -0.3 is 10.4 Å². The molecular formula is C18H40Cl2NOTi-. The van der Waals surface area contributed by atoms with Crippen LogP contribution >= 0.6 is 18.6 Å². The maximum absolute atomic E-state index is 7.57. The molecule has 0 aromatic heterocycles. The summed E-state index contributed by atoms with van der Waals surface area (Å²) in [4.78, 5) is 0. The Hall–Kier alpha value is 1.21. The number of rotatable bonds is 14. The van der Waals surface area contributed by atoms with Crippen LogP contribution < -0.4 is 0 Å². The summed E-state index contributed by atoms with van der Waals surface area (Å²) in [5.74, 6) is 0. The van der Waals surface area contributed by atoms with Crippen molar-refractivity contribution in [3.8, 4) is 0 Å². The number of nitrogens with zero attached hydrogens (tertiary/aromatic N) is 1. The fourth-order valence-electron chi connectivity index (χ4n) is 2.12. The number of aliphatic hydroxyl groups excluding tert-OH is 1. The van der Waals surface area contributed by atoms with Gasteiger partial charge in [0.2, 0.25) is 0 Å². The predicted molar refractivity (Wildman–Crippen MR) is 104 cm³/mol. The van der Waals surface area contributed by atoms with Crippen molar-refractivity contribution in [2.24, 2.45) is 0 Å². The van der Waals surface area contributed by atoms with Crippen LogP contribution in [-0.2, 0) is 17.0 Å². The van der Waals surface area contributed by atoms with Gasteiger partial charge in [0, 0.05) is 6.61 Å². The first-order valence-electron chi connectivity index (χ1n) is 9.45. The van der Waals surface area contributed by atoms with Crippen LogP contribution in [0.2, 0.25) is 0 Å². The first kappa shape index (κ1) is 29.0. The zero-order chi connectivity index (χ0) is 18.0. The molecule has 0 atom stereocenters. The Kier molecular flexibility index (Phi) is 43.5. The standard InChI is InChI=1S/C16H34N.C2H6O.2ClH.Ti/c1-3-5-7-9-11-13-15-17-16-14-12-10-8-6-4-2;1-2-3;;;/h3-16H2,1-2H3;3H,2H2,1H3;2*1H;/q-1;;;;+2/p-2. The van der Waals surface area contributed by atoms with Gasteiger partial charge in [-0.3, -0.25) is 0 Å². The number of halogens is 2. The van der Waals surface area contributed by atoms with Crippen molar-refractivity contribution in [1.82, 2.24) is 0 Å². The summed E-state index contributed by atoms with van der Waals surface area (Å²) < 4.78 is 0. The van der Waals surface area contributed by atoms with E-state index in [2.05, 4.69) is 19.2 Å². The number of unbranched alkanes of at least 4 members (excludes halogenated alkanes) is 10. The first-order valence-corrected chi connectivity index (χ1v) is 13.7. The molecular weight excluding hydrogens is 365 g/mol. The van der Waals surface area contributed by atoms with E-state index in [1.54, 1.807) is 6.92 Å². The van der Waals surface area contributed by atoms with E-state index in [0.29, 0.717) is 0 Å². The van der Waals surface area contributed by atoms with Crippen LogP contribution in [0.5, 0.6) is 0 Å². The van der Waals surface area contributed by atoms with Crippen molar-refractivity contribution in [2.75, 3.05) is 19.7 Å². The van der Waals surface area contributed by atoms with Gasteiger partial charge in [0.05, 0.1) is 0 Å². The second-order valence-electron chi connectivity index (χ2n) is 5.59. The Morgan fingerprint density at radius 2 is 0.913 bits per heavy atom. The Labute approximate surface area is 163 Å². The molecule has 2 nitrogen and oxygen atoms in total. The van der Waals surface area contributed by atoms with Gasteiger partial charge in [-0.05, 0) is 6.92 Å². The number of hydrogen-bond acceptors (Lipinski definition) is 1. The molecule has 0 heterocycles. The van der Waals surface area contributed by atoms with Crippen LogP contribution in [0.15, 0.2) is 0 Å². The van der Waals surface area contributed by atoms with E-state index in [9.17, 15) is 0 Å². The molecule has 0 radical (unpaired) electrons. The Balaban J connectivity index is -0.000000573. The molecule has 0 rings (SSSR count). The van der Waals surface area contributed by atoms with Crippen LogP contribution in [0.4, 0.5) is 0 Å². The van der Waals surface area contributed by atoms with Gasteiger partial charge in [-0.25, -0.2) is 0 Å². The molecule has 0 aliphatic carbocycles. The molecule has 23 heavy (non-hydrogen) atoms. The molecule has 0 saturated heterocycles. The molecule has 0 bridgehead atoms. The van der Waals surface area contributed by atoms with Crippen LogP contribution in [0.3, 0.4) is 0 Å². The third-order valence-corrected chi connectivity index (χ3v) is 3.34. The molecule has 0 aromatic rings. The third-order valence-electron chi connectivity index (χ3n) is 3.34. The molecule has 1 N–H and O–H groups in total. The quantitative estimate of drug-likeness (QED) is 0.236. The topological polar surface area (TPSA) is 34.3 Å². The van der Waals surface area contributed by atoms with Crippen molar-refractivity contribution >= 4 is 18.6 Å². The van der Waals surface area contributed by atoms with Crippen LogP contribution in [-0.4, -0.2) is 24.8 Å². The van der Waals surface area contributed by atoms with E-state index < -0.39 is 17.0 Å². The summed E-state index contributed by atoms with van der Waals surface area (Å²) in [6.07, 6.45) is 16.6. The zero-order valence-electron chi connectivity index (χ0n) is 15.8. The zero-order valence-corrected chi connectivity index (χ0v) is 18.8. The van der Waals surface area contributed by atoms with E-state index in [-0.39, 0.29) is 6.61 Å². The van der Waals surface area contributed by atoms with Crippen LogP contribution in [0.25, 0.3) is 5.32 Å². The average molecular weight is 405 g/mol. The van der Waals surface area contributed by atoms with Gasteiger partial charge >= 0.3 is 35.6 Å². The fraction of sp³-hybridized carbons (Fsp3) is 1.00. The van der Waals surface area contributed by atoms with E-state index in [1.807, 2.05) is 0 Å². The second kappa shape index (κ2) is 34.5. The van der Waals surface area contributed by atoms with Gasteiger partial charge in [-0.2, -0.15) is 0 Å². The van der Waals surface area contributed by atoms with Crippen molar-refractivity contribution in [1.29, 1.82) is 0 Å². The molecule has 0 aromatic carbocycles. The molecule has 0 fully saturated rings. The average Bonchev–Trinajstić information content (AvgIpc) is 2.53. The first-order chi connectivity index (χ1) is 11.2. The molecule has 0 unspecified atom stereocenters. The van der Waals surface area contributed by atoms with Gasteiger partial charge in [-0.1, -0.05) is 90.9 Å². The summed E-state index contributed by atoms with van der Waals surface area (Å²) in [7, 11) is 9.78. The fourth-order valence-corrected chi connectivity index (χ4v) is 2.12. The summed E-state index contributed by atoms with van der Waals surface area (Å²) in [5.41, 5.74) is 0. The minimum atomic E-state index is -0.556. The number of aliphatic hydroxyl groups is 1. The van der Waals surface area contributed by atoms with Gasteiger partial charge in [0.15, 0.2) is 0 Å². The minimum absolute atomic E-state index is 0.250. The predicted octanol–water partition coefficient (Wildman–Crippen LogP) is 7.46. The summed E-state index contributed by atoms with van der Waals surface area (Å²) in [5, 5.41) is 12.2. The van der Waals surface area contributed by atoms with Gasteiger partial charge in [0.25, 0.3) is 0 Å². The van der Waals surface area contributed by atoms with Crippen molar-refractivity contribution in [3.05, 3.63) is 5.32 Å². The third kappa shape index (κ3) is 45.1. The molecule has 142 valence electrons. The Morgan fingerprint density at radius 3 is 1.22 bits per heavy atom. The summed E-state index contributed by atoms with van der Waals surface area (Å²) in [6.45, 7) is 8.70. The molecule has 0 aliphatic rings. The molecule has 5 heteroatoms. The Morgan fingerprint density at radius 1 is 0.652 bits per heavy atom. The monoisotopic (exact) mass is 404 g/mol.